The van der Waals surface area contributed by atoms with Crippen LogP contribution in [0.3, 0.4) is 0 Å². The van der Waals surface area contributed by atoms with E-state index < -0.39 is 36.3 Å². The summed E-state index contributed by atoms with van der Waals surface area (Å²) in [6.07, 6.45) is 3.36. The van der Waals surface area contributed by atoms with Gasteiger partial charge in [0.05, 0.1) is 12.0 Å². The molecule has 0 spiro atoms. The summed E-state index contributed by atoms with van der Waals surface area (Å²) in [7, 11) is -2.87. The summed E-state index contributed by atoms with van der Waals surface area (Å²) in [4.78, 5) is 38.2. The molecule has 194 valence electrons. The molecule has 0 saturated heterocycles. The van der Waals surface area contributed by atoms with E-state index in [4.69, 9.17) is 21.5 Å². The van der Waals surface area contributed by atoms with E-state index in [1.165, 1.54) is 11.3 Å². The molecular formula is C25H23ClN2O7S2. The Balaban J connectivity index is 1.71. The molecule has 0 radical (unpaired) electrons. The number of aryl methyl sites for hydroxylation is 1. The first kappa shape index (κ1) is 26.9. The lowest BCUT2D eigenvalue weighted by molar-refractivity contribution is -0.384. The number of ketones is 2. The predicted molar refractivity (Wildman–Crippen MR) is 140 cm³/mol. The van der Waals surface area contributed by atoms with Gasteiger partial charge in [-0.25, -0.2) is 13.6 Å². The molecule has 0 fully saturated rings. The van der Waals surface area contributed by atoms with E-state index in [-0.39, 0.29) is 24.2 Å². The number of methoxy groups -OCH3 is 1. The summed E-state index contributed by atoms with van der Waals surface area (Å²) < 4.78 is 29.1. The molecule has 2 aromatic carbocycles. The van der Waals surface area contributed by atoms with Crippen molar-refractivity contribution in [2.24, 2.45) is 5.14 Å². The zero-order valence-corrected chi connectivity index (χ0v) is 22.2. The standard InChI is InChI=1S/C25H23ClN2O7S2/c1-35-16-8-6-14(7-9-16)10-20(30)24-17-4-2-3-5-21(17)36-22(24)13-19(29)15-11-18(28(31)32)25(26)23(12-15)37(27,33)34/h6-9,11-12H,2-5,10,13H2,1H3,(H2,27,33,34). The number of hydrogen-bond donors (Lipinski definition) is 1. The van der Waals surface area contributed by atoms with Crippen molar-refractivity contribution < 1.29 is 27.7 Å². The molecule has 12 heteroatoms. The summed E-state index contributed by atoms with van der Waals surface area (Å²) in [5.41, 5.74) is 1.30. The highest BCUT2D eigenvalue weighted by molar-refractivity contribution is 7.89. The zero-order valence-electron chi connectivity index (χ0n) is 19.8. The number of nitro benzene ring substituents is 1. The maximum Gasteiger partial charge on any atom is 0.290 e. The molecule has 0 saturated carbocycles. The van der Waals surface area contributed by atoms with Crippen LogP contribution in [0.15, 0.2) is 41.3 Å². The number of thiophene rings is 1. The highest BCUT2D eigenvalue weighted by Gasteiger charge is 2.29. The first-order valence-corrected chi connectivity index (χ1v) is 14.1. The van der Waals surface area contributed by atoms with Crippen LogP contribution in [0.5, 0.6) is 5.75 Å². The fraction of sp³-hybridized carbons (Fsp3) is 0.280. The van der Waals surface area contributed by atoms with Crippen LogP contribution in [0.4, 0.5) is 5.69 Å². The fourth-order valence-corrected chi connectivity index (χ4v) is 6.98. The van der Waals surface area contributed by atoms with Crippen molar-refractivity contribution in [1.29, 1.82) is 0 Å². The van der Waals surface area contributed by atoms with E-state index in [0.717, 1.165) is 53.8 Å². The number of halogens is 1. The molecule has 9 nitrogen and oxygen atoms in total. The van der Waals surface area contributed by atoms with E-state index in [1.54, 1.807) is 19.2 Å². The third-order valence-corrected chi connectivity index (χ3v) is 8.95. The second-order valence-corrected chi connectivity index (χ2v) is 11.8. The van der Waals surface area contributed by atoms with Gasteiger partial charge in [-0.1, -0.05) is 23.7 Å². The van der Waals surface area contributed by atoms with Crippen molar-refractivity contribution in [2.75, 3.05) is 7.11 Å². The molecule has 0 aliphatic heterocycles. The zero-order chi connectivity index (χ0) is 26.9. The van der Waals surface area contributed by atoms with Crippen molar-refractivity contribution in [3.05, 3.63) is 83.5 Å². The number of fused-ring (bicyclic) bond motifs is 1. The van der Waals surface area contributed by atoms with Gasteiger partial charge in [-0.05, 0) is 55.0 Å². The highest BCUT2D eigenvalue weighted by Crippen LogP contribution is 2.37. The van der Waals surface area contributed by atoms with Gasteiger partial charge in [0.1, 0.15) is 15.7 Å². The number of rotatable bonds is 9. The summed E-state index contributed by atoms with van der Waals surface area (Å²) >= 11 is 7.28. The molecule has 1 heterocycles. The number of ether oxygens (including phenoxy) is 1. The average molecular weight is 563 g/mol. The van der Waals surface area contributed by atoms with Gasteiger partial charge in [0, 0.05) is 39.8 Å². The number of nitrogens with two attached hydrogens (primary N) is 1. The number of sulfonamides is 1. The third kappa shape index (κ3) is 5.74. The minimum Gasteiger partial charge on any atom is -0.497 e. The van der Waals surface area contributed by atoms with E-state index >= 15 is 0 Å². The highest BCUT2D eigenvalue weighted by atomic mass is 35.5. The number of Topliss-reactive ketones (excluding diaryl/α,β-unsaturated/α-hetero) is 2. The molecule has 2 N–H and O–H groups in total. The molecule has 0 unspecified atom stereocenters. The average Bonchev–Trinajstić information content (AvgIpc) is 3.21. The molecule has 0 atom stereocenters. The van der Waals surface area contributed by atoms with Gasteiger partial charge in [0.15, 0.2) is 11.6 Å². The Morgan fingerprint density at radius 1 is 1.11 bits per heavy atom. The van der Waals surface area contributed by atoms with Crippen molar-refractivity contribution >= 4 is 50.2 Å². The molecule has 37 heavy (non-hydrogen) atoms. The van der Waals surface area contributed by atoms with Crippen LogP contribution >= 0.6 is 22.9 Å². The summed E-state index contributed by atoms with van der Waals surface area (Å²) in [6.45, 7) is 0. The molecule has 0 bridgehead atoms. The smallest absolute Gasteiger partial charge is 0.290 e. The van der Waals surface area contributed by atoms with Crippen molar-refractivity contribution in [1.82, 2.24) is 0 Å². The van der Waals surface area contributed by atoms with Crippen LogP contribution < -0.4 is 9.88 Å². The molecule has 1 aromatic heterocycles. The van der Waals surface area contributed by atoms with Crippen molar-refractivity contribution in [3.8, 4) is 5.75 Å². The Bertz CT molecular complexity index is 1510. The van der Waals surface area contributed by atoms with E-state index in [1.807, 2.05) is 12.1 Å². The minimum absolute atomic E-state index is 0.125. The van der Waals surface area contributed by atoms with Crippen LogP contribution in [-0.2, 0) is 35.7 Å². The number of nitrogens with zero attached hydrogens (tertiary/aromatic N) is 1. The Labute approximate surface area is 222 Å². The molecular weight excluding hydrogens is 540 g/mol. The lowest BCUT2D eigenvalue weighted by Gasteiger charge is -2.13. The van der Waals surface area contributed by atoms with Gasteiger partial charge in [-0.15, -0.1) is 11.3 Å². The van der Waals surface area contributed by atoms with Crippen LogP contribution in [0, 0.1) is 10.1 Å². The predicted octanol–water partition coefficient (Wildman–Crippen LogP) is 4.70. The molecule has 0 amide bonds. The number of nitro groups is 1. The number of carbonyl (C=O) groups excluding carboxylic acids is 2. The minimum atomic E-state index is -4.43. The molecule has 1 aliphatic carbocycles. The fourth-order valence-electron chi connectivity index (χ4n) is 4.42. The monoisotopic (exact) mass is 562 g/mol. The lowest BCUT2D eigenvalue weighted by atomic mass is 9.90. The summed E-state index contributed by atoms with van der Waals surface area (Å²) in [5.74, 6) is -0.0345. The Hall–Kier alpha value is -3.12. The summed E-state index contributed by atoms with van der Waals surface area (Å²) in [6, 6.07) is 9.04. The first-order valence-electron chi connectivity index (χ1n) is 11.3. The lowest BCUT2D eigenvalue weighted by Crippen LogP contribution is -2.16. The van der Waals surface area contributed by atoms with Gasteiger partial charge < -0.3 is 4.74 Å². The van der Waals surface area contributed by atoms with Crippen LogP contribution in [0.1, 0.15) is 54.4 Å². The Morgan fingerprint density at radius 3 is 2.41 bits per heavy atom. The maximum absolute atomic E-state index is 13.5. The summed E-state index contributed by atoms with van der Waals surface area (Å²) in [5, 5.41) is 16.0. The number of primary sulfonamides is 1. The Morgan fingerprint density at radius 2 is 1.78 bits per heavy atom. The van der Waals surface area contributed by atoms with E-state index in [9.17, 15) is 28.1 Å². The number of carbonyl (C=O) groups is 2. The van der Waals surface area contributed by atoms with Gasteiger partial charge in [-0.2, -0.15) is 0 Å². The van der Waals surface area contributed by atoms with Gasteiger partial charge >= 0.3 is 0 Å². The van der Waals surface area contributed by atoms with Gasteiger partial charge in [0.25, 0.3) is 5.69 Å². The van der Waals surface area contributed by atoms with Crippen LogP contribution in [0.2, 0.25) is 5.02 Å². The quantitative estimate of drug-likeness (QED) is 0.226. The number of hydrogen-bond acceptors (Lipinski definition) is 8. The SMILES string of the molecule is COc1ccc(CC(=O)c2c(CC(=O)c3cc([N+](=O)[O-])c(Cl)c(S(N)(=O)=O)c3)sc3c2CCCC3)cc1. The van der Waals surface area contributed by atoms with Gasteiger partial charge in [-0.3, -0.25) is 19.7 Å². The van der Waals surface area contributed by atoms with E-state index in [2.05, 4.69) is 0 Å². The van der Waals surface area contributed by atoms with E-state index in [0.29, 0.717) is 16.2 Å². The largest absolute Gasteiger partial charge is 0.497 e. The van der Waals surface area contributed by atoms with Crippen LogP contribution in [-0.4, -0.2) is 32.0 Å². The topological polar surface area (TPSA) is 147 Å². The molecule has 1 aliphatic rings. The second kappa shape index (κ2) is 10.7. The molecule has 4 rings (SSSR count). The normalized spacial score (nSPS) is 13.2. The second-order valence-electron chi connectivity index (χ2n) is 8.67. The third-order valence-electron chi connectivity index (χ3n) is 6.21. The van der Waals surface area contributed by atoms with Crippen LogP contribution in [0.25, 0.3) is 0 Å². The van der Waals surface area contributed by atoms with Gasteiger partial charge in [0.2, 0.25) is 10.0 Å². The van der Waals surface area contributed by atoms with Crippen molar-refractivity contribution in [2.45, 2.75) is 43.4 Å². The number of benzene rings is 2. The molecule has 3 aromatic rings. The Kier molecular flexibility index (Phi) is 7.79. The maximum atomic E-state index is 13.5. The first-order chi connectivity index (χ1) is 17.5. The van der Waals surface area contributed by atoms with Crippen molar-refractivity contribution in [3.63, 3.8) is 0 Å².